The summed E-state index contributed by atoms with van der Waals surface area (Å²) in [6.45, 7) is 4.02. The number of hydrogen-bond donors (Lipinski definition) is 0. The zero-order valence-corrected chi connectivity index (χ0v) is 19.3. The van der Waals surface area contributed by atoms with E-state index >= 15 is 4.39 Å². The number of carbonyl (C=O) groups is 1. The van der Waals surface area contributed by atoms with Crippen LogP contribution in [0.4, 0.5) is 4.39 Å². The monoisotopic (exact) mass is 456 g/mol. The highest BCUT2D eigenvalue weighted by Crippen LogP contribution is 2.43. The van der Waals surface area contributed by atoms with Crippen molar-refractivity contribution in [3.63, 3.8) is 0 Å². The van der Waals surface area contributed by atoms with Crippen molar-refractivity contribution in [2.24, 2.45) is 0 Å². The van der Waals surface area contributed by atoms with Crippen LogP contribution in [0.1, 0.15) is 18.1 Å². The fourth-order valence-corrected chi connectivity index (χ4v) is 3.85. The Labute approximate surface area is 198 Å². The lowest BCUT2D eigenvalue weighted by Gasteiger charge is -2.18. The first kappa shape index (κ1) is 23.1. The minimum Gasteiger partial charge on any atom is -0.497 e. The van der Waals surface area contributed by atoms with Crippen LogP contribution in [-0.4, -0.2) is 19.7 Å². The zero-order chi connectivity index (χ0) is 24.1. The maximum absolute atomic E-state index is 15.1. The summed E-state index contributed by atoms with van der Waals surface area (Å²) in [6, 6.07) is 22.3. The third kappa shape index (κ3) is 4.94. The molecule has 0 spiro atoms. The van der Waals surface area contributed by atoms with Gasteiger partial charge < -0.3 is 14.2 Å². The van der Waals surface area contributed by atoms with Gasteiger partial charge in [0.15, 0.2) is 11.6 Å². The van der Waals surface area contributed by atoms with Gasteiger partial charge in [-0.25, -0.2) is 9.18 Å². The van der Waals surface area contributed by atoms with Crippen LogP contribution in [0.25, 0.3) is 28.0 Å². The topological polar surface area (TPSA) is 44.8 Å². The molecule has 0 aliphatic heterocycles. The van der Waals surface area contributed by atoms with E-state index in [0.717, 1.165) is 33.2 Å². The Balaban J connectivity index is 1.80. The van der Waals surface area contributed by atoms with Crippen molar-refractivity contribution in [3.8, 4) is 28.4 Å². The molecule has 0 aromatic heterocycles. The van der Waals surface area contributed by atoms with Crippen LogP contribution in [0.5, 0.6) is 17.2 Å². The van der Waals surface area contributed by atoms with Crippen LogP contribution in [-0.2, 0) is 9.53 Å². The van der Waals surface area contributed by atoms with Crippen molar-refractivity contribution in [3.05, 3.63) is 95.8 Å². The van der Waals surface area contributed by atoms with Crippen LogP contribution >= 0.6 is 0 Å². The highest BCUT2D eigenvalue weighted by atomic mass is 19.1. The number of methoxy groups -OCH3 is 1. The number of benzene rings is 4. The smallest absolute Gasteiger partial charge is 0.330 e. The van der Waals surface area contributed by atoms with Crippen LogP contribution in [0, 0.1) is 12.7 Å². The van der Waals surface area contributed by atoms with Gasteiger partial charge in [0, 0.05) is 17.0 Å². The van der Waals surface area contributed by atoms with Gasteiger partial charge in [-0.2, -0.15) is 0 Å². The third-order valence-corrected chi connectivity index (χ3v) is 5.43. The molecular weight excluding hydrogens is 431 g/mol. The van der Waals surface area contributed by atoms with Gasteiger partial charge in [-0.3, -0.25) is 0 Å². The summed E-state index contributed by atoms with van der Waals surface area (Å²) >= 11 is 0. The van der Waals surface area contributed by atoms with Gasteiger partial charge in [0.05, 0.1) is 13.7 Å². The van der Waals surface area contributed by atoms with Gasteiger partial charge in [-0.05, 0) is 72.3 Å². The van der Waals surface area contributed by atoms with E-state index in [1.165, 1.54) is 18.2 Å². The second kappa shape index (κ2) is 10.2. The number of fused-ring (bicyclic) bond motifs is 1. The molecule has 0 amide bonds. The molecule has 4 nitrogen and oxygen atoms in total. The summed E-state index contributed by atoms with van der Waals surface area (Å²) in [5.74, 6) is 0.380. The molecule has 0 N–H and O–H groups in total. The third-order valence-electron chi connectivity index (χ3n) is 5.43. The summed E-state index contributed by atoms with van der Waals surface area (Å²) in [7, 11) is 1.62. The average molecular weight is 457 g/mol. The molecule has 4 aromatic carbocycles. The van der Waals surface area contributed by atoms with Crippen LogP contribution < -0.4 is 9.47 Å². The Morgan fingerprint density at radius 3 is 2.50 bits per heavy atom. The van der Waals surface area contributed by atoms with E-state index < -0.39 is 11.8 Å². The molecule has 0 heterocycles. The number of ether oxygens (including phenoxy) is 3. The number of halogens is 1. The second-order valence-electron chi connectivity index (χ2n) is 7.73. The Kier molecular flexibility index (Phi) is 6.93. The van der Waals surface area contributed by atoms with Gasteiger partial charge >= 0.3 is 5.97 Å². The molecule has 0 radical (unpaired) electrons. The fraction of sp³-hybridized carbons (Fsp3) is 0.138. The molecule has 172 valence electrons. The molecule has 0 aliphatic rings. The molecule has 0 bridgehead atoms. The molecule has 5 heteroatoms. The van der Waals surface area contributed by atoms with E-state index in [1.807, 2.05) is 55.5 Å². The molecule has 0 saturated heterocycles. The van der Waals surface area contributed by atoms with Crippen molar-refractivity contribution in [2.75, 3.05) is 13.7 Å². The zero-order valence-electron chi connectivity index (χ0n) is 19.3. The number of rotatable bonds is 7. The lowest BCUT2D eigenvalue weighted by Crippen LogP contribution is -1.98. The number of carbonyl (C=O) groups excluding carboxylic acids is 1. The minimum atomic E-state index is -0.534. The van der Waals surface area contributed by atoms with Crippen molar-refractivity contribution in [1.82, 2.24) is 0 Å². The van der Waals surface area contributed by atoms with Crippen molar-refractivity contribution < 1.29 is 23.4 Å². The molecular formula is C29H25FO4. The Morgan fingerprint density at radius 2 is 1.79 bits per heavy atom. The van der Waals surface area contributed by atoms with Crippen molar-refractivity contribution >= 4 is 22.8 Å². The molecule has 0 saturated carbocycles. The second-order valence-corrected chi connectivity index (χ2v) is 7.73. The average Bonchev–Trinajstić information content (AvgIpc) is 2.84. The molecule has 0 aliphatic carbocycles. The molecule has 4 aromatic rings. The Hall–Kier alpha value is -4.12. The first-order valence-electron chi connectivity index (χ1n) is 11.0. The van der Waals surface area contributed by atoms with E-state index in [0.29, 0.717) is 11.3 Å². The summed E-state index contributed by atoms with van der Waals surface area (Å²) in [5.41, 5.74) is 3.39. The lowest BCUT2D eigenvalue weighted by atomic mass is 9.94. The maximum Gasteiger partial charge on any atom is 0.330 e. The first-order chi connectivity index (χ1) is 16.5. The van der Waals surface area contributed by atoms with E-state index in [1.54, 1.807) is 26.2 Å². The van der Waals surface area contributed by atoms with Crippen LogP contribution in [0.15, 0.2) is 78.9 Å². The van der Waals surface area contributed by atoms with Gasteiger partial charge in [0.2, 0.25) is 0 Å². The van der Waals surface area contributed by atoms with E-state index in [4.69, 9.17) is 14.2 Å². The summed E-state index contributed by atoms with van der Waals surface area (Å²) in [6.07, 6.45) is 2.78. The normalized spacial score (nSPS) is 11.1. The van der Waals surface area contributed by atoms with Gasteiger partial charge in [-0.15, -0.1) is 0 Å². The SMILES string of the molecule is CCOC(=O)/C=C/c1ccc(Oc2c(-c3ccccc3)c(C)cc3cc(OC)ccc23)c(F)c1. The molecule has 0 unspecified atom stereocenters. The number of esters is 1. The fourth-order valence-electron chi connectivity index (χ4n) is 3.85. The van der Waals surface area contributed by atoms with E-state index in [2.05, 4.69) is 6.07 Å². The predicted molar refractivity (Wildman–Crippen MR) is 133 cm³/mol. The standard InChI is InChI=1S/C29H25FO4/c1-4-33-27(31)15-11-20-10-14-26(25(30)17-20)34-29-24-13-12-23(32-3)18-22(24)16-19(2)28(29)21-8-6-5-7-9-21/h5-18H,4H2,1-3H3/b15-11+. The summed E-state index contributed by atoms with van der Waals surface area (Å²) in [4.78, 5) is 11.5. The quantitative estimate of drug-likeness (QED) is 0.216. The summed E-state index contributed by atoms with van der Waals surface area (Å²) < 4.78 is 31.6. The predicted octanol–water partition coefficient (Wildman–Crippen LogP) is 7.33. The number of aryl methyl sites for hydroxylation is 1. The first-order valence-corrected chi connectivity index (χ1v) is 11.0. The van der Waals surface area contributed by atoms with Gasteiger partial charge in [0.1, 0.15) is 11.5 Å². The molecule has 0 atom stereocenters. The Morgan fingerprint density at radius 1 is 1.00 bits per heavy atom. The van der Waals surface area contributed by atoms with Crippen molar-refractivity contribution in [2.45, 2.75) is 13.8 Å². The molecule has 0 fully saturated rings. The number of hydrogen-bond acceptors (Lipinski definition) is 4. The van der Waals surface area contributed by atoms with Gasteiger partial charge in [0.25, 0.3) is 0 Å². The highest BCUT2D eigenvalue weighted by molar-refractivity contribution is 5.97. The molecule has 4 rings (SSSR count). The van der Waals surface area contributed by atoms with Gasteiger partial charge in [-0.1, -0.05) is 42.5 Å². The summed E-state index contributed by atoms with van der Waals surface area (Å²) in [5, 5.41) is 1.77. The highest BCUT2D eigenvalue weighted by Gasteiger charge is 2.17. The van der Waals surface area contributed by atoms with Crippen LogP contribution in [0.2, 0.25) is 0 Å². The Bertz CT molecular complexity index is 1360. The van der Waals surface area contributed by atoms with E-state index in [9.17, 15) is 4.79 Å². The van der Waals surface area contributed by atoms with E-state index in [-0.39, 0.29) is 12.4 Å². The van der Waals surface area contributed by atoms with Crippen molar-refractivity contribution in [1.29, 1.82) is 0 Å². The molecule has 34 heavy (non-hydrogen) atoms. The largest absolute Gasteiger partial charge is 0.497 e. The lowest BCUT2D eigenvalue weighted by molar-refractivity contribution is -0.137. The maximum atomic E-state index is 15.1. The van der Waals surface area contributed by atoms with Crippen LogP contribution in [0.3, 0.4) is 0 Å². The minimum absolute atomic E-state index is 0.0909.